The van der Waals surface area contributed by atoms with E-state index in [1.165, 1.54) is 6.07 Å². The van der Waals surface area contributed by atoms with Crippen LogP contribution in [0.3, 0.4) is 0 Å². The minimum atomic E-state index is -0.851. The van der Waals surface area contributed by atoms with Crippen molar-refractivity contribution in [3.63, 3.8) is 0 Å². The number of amides is 1. The second kappa shape index (κ2) is 8.19. The van der Waals surface area contributed by atoms with Gasteiger partial charge < -0.3 is 10.6 Å². The largest absolute Gasteiger partial charge is 0.328 e. The van der Waals surface area contributed by atoms with Crippen LogP contribution in [0.4, 0.5) is 29.7 Å². The van der Waals surface area contributed by atoms with Gasteiger partial charge in [0.1, 0.15) is 17.5 Å². The van der Waals surface area contributed by atoms with Crippen LogP contribution in [-0.2, 0) is 4.79 Å². The van der Waals surface area contributed by atoms with Crippen LogP contribution >= 0.6 is 23.1 Å². The zero-order valence-electron chi connectivity index (χ0n) is 13.0. The summed E-state index contributed by atoms with van der Waals surface area (Å²) in [6.45, 7) is 0. The van der Waals surface area contributed by atoms with E-state index in [9.17, 15) is 18.0 Å². The van der Waals surface area contributed by atoms with Gasteiger partial charge in [-0.3, -0.25) is 4.79 Å². The van der Waals surface area contributed by atoms with Gasteiger partial charge in [0.2, 0.25) is 11.0 Å². The Labute approximate surface area is 154 Å². The van der Waals surface area contributed by atoms with Crippen LogP contribution in [0, 0.1) is 17.5 Å². The van der Waals surface area contributed by atoms with E-state index in [0.29, 0.717) is 15.5 Å². The summed E-state index contributed by atoms with van der Waals surface area (Å²) in [6.07, 6.45) is 0. The fourth-order valence-electron chi connectivity index (χ4n) is 1.90. The molecule has 0 atom stereocenters. The molecule has 0 saturated carbocycles. The normalized spacial score (nSPS) is 10.6. The Morgan fingerprint density at radius 2 is 1.85 bits per heavy atom. The molecule has 1 aromatic heterocycles. The molecule has 0 saturated heterocycles. The first-order chi connectivity index (χ1) is 12.5. The molecule has 3 rings (SSSR count). The molecule has 0 radical (unpaired) electrons. The van der Waals surface area contributed by atoms with E-state index in [1.807, 2.05) is 0 Å². The van der Waals surface area contributed by atoms with E-state index in [0.717, 1.165) is 35.2 Å². The van der Waals surface area contributed by atoms with Crippen molar-refractivity contribution < 1.29 is 18.0 Å². The lowest BCUT2D eigenvalue weighted by Gasteiger charge is -2.05. The minimum absolute atomic E-state index is 0.0366. The monoisotopic (exact) mass is 396 g/mol. The van der Waals surface area contributed by atoms with Crippen molar-refractivity contribution in [3.8, 4) is 0 Å². The lowest BCUT2D eigenvalue weighted by molar-refractivity contribution is -0.113. The van der Waals surface area contributed by atoms with E-state index in [1.54, 1.807) is 18.2 Å². The second-order valence-corrected chi connectivity index (χ2v) is 7.14. The molecule has 0 fully saturated rings. The van der Waals surface area contributed by atoms with E-state index < -0.39 is 23.4 Å². The molecular formula is C16H11F3N4OS2. The zero-order chi connectivity index (χ0) is 18.5. The number of halogens is 3. The topological polar surface area (TPSA) is 66.9 Å². The molecule has 2 aromatic carbocycles. The molecule has 0 aliphatic carbocycles. The quantitative estimate of drug-likeness (QED) is 0.604. The lowest BCUT2D eigenvalue weighted by Crippen LogP contribution is -2.15. The number of nitrogens with one attached hydrogen (secondary N) is 2. The standard InChI is InChI=1S/C16H11F3N4OS2/c17-9-5-6-13(11(19)7-9)20-14(24)8-25-16-23-22-15(26-16)21-12-4-2-1-3-10(12)18/h1-7H,8H2,(H,20,24)(H,21,22). The van der Waals surface area contributed by atoms with Crippen LogP contribution < -0.4 is 10.6 Å². The van der Waals surface area contributed by atoms with Crippen molar-refractivity contribution in [2.24, 2.45) is 0 Å². The fraction of sp³-hybridized carbons (Fsp3) is 0.0625. The van der Waals surface area contributed by atoms with E-state index in [4.69, 9.17) is 0 Å². The Morgan fingerprint density at radius 1 is 1.04 bits per heavy atom. The number of para-hydroxylation sites is 1. The highest BCUT2D eigenvalue weighted by Crippen LogP contribution is 2.28. The molecular weight excluding hydrogens is 385 g/mol. The Kier molecular flexibility index (Phi) is 5.74. The molecule has 3 aromatic rings. The maximum absolute atomic E-state index is 13.6. The number of carbonyl (C=O) groups excluding carboxylic acids is 1. The second-order valence-electron chi connectivity index (χ2n) is 4.94. The molecule has 5 nitrogen and oxygen atoms in total. The summed E-state index contributed by atoms with van der Waals surface area (Å²) in [5.41, 5.74) is 0.168. The Balaban J connectivity index is 1.54. The maximum Gasteiger partial charge on any atom is 0.234 e. The zero-order valence-corrected chi connectivity index (χ0v) is 14.6. The summed E-state index contributed by atoms with van der Waals surface area (Å²) < 4.78 is 40.4. The van der Waals surface area contributed by atoms with Crippen LogP contribution in [0.2, 0.25) is 0 Å². The maximum atomic E-state index is 13.6. The number of hydrogen-bond donors (Lipinski definition) is 2. The molecule has 1 heterocycles. The van der Waals surface area contributed by atoms with Crippen LogP contribution in [0.5, 0.6) is 0 Å². The van der Waals surface area contributed by atoms with Crippen molar-refractivity contribution in [2.45, 2.75) is 4.34 Å². The summed E-state index contributed by atoms with van der Waals surface area (Å²) in [5, 5.41) is 13.3. The number of rotatable bonds is 6. The highest BCUT2D eigenvalue weighted by Gasteiger charge is 2.12. The van der Waals surface area contributed by atoms with E-state index in [-0.39, 0.29) is 17.1 Å². The number of nitrogens with zero attached hydrogens (tertiary/aromatic N) is 2. The Bertz CT molecular complexity index is 935. The Morgan fingerprint density at radius 3 is 2.62 bits per heavy atom. The smallest absolute Gasteiger partial charge is 0.234 e. The van der Waals surface area contributed by atoms with Gasteiger partial charge in [-0.2, -0.15) is 0 Å². The van der Waals surface area contributed by atoms with Gasteiger partial charge in [0, 0.05) is 6.07 Å². The number of hydrogen-bond acceptors (Lipinski definition) is 6. The minimum Gasteiger partial charge on any atom is -0.328 e. The van der Waals surface area contributed by atoms with Crippen molar-refractivity contribution in [1.29, 1.82) is 0 Å². The molecule has 10 heteroatoms. The molecule has 0 bridgehead atoms. The fourth-order valence-corrected chi connectivity index (χ4v) is 3.47. The van der Waals surface area contributed by atoms with Gasteiger partial charge in [0.15, 0.2) is 4.34 Å². The summed E-state index contributed by atoms with van der Waals surface area (Å²) >= 11 is 2.24. The van der Waals surface area contributed by atoms with Gasteiger partial charge in [-0.25, -0.2) is 13.2 Å². The highest BCUT2D eigenvalue weighted by molar-refractivity contribution is 8.01. The van der Waals surface area contributed by atoms with Gasteiger partial charge in [-0.15, -0.1) is 10.2 Å². The average molecular weight is 396 g/mol. The van der Waals surface area contributed by atoms with Crippen LogP contribution in [0.15, 0.2) is 46.8 Å². The number of thioether (sulfide) groups is 1. The molecule has 0 unspecified atom stereocenters. The van der Waals surface area contributed by atoms with Gasteiger partial charge in [-0.05, 0) is 24.3 Å². The molecule has 1 amide bonds. The summed E-state index contributed by atoms with van der Waals surface area (Å²) in [5.74, 6) is -2.50. The van der Waals surface area contributed by atoms with Gasteiger partial charge in [0.25, 0.3) is 0 Å². The molecule has 0 aliphatic heterocycles. The highest BCUT2D eigenvalue weighted by atomic mass is 32.2. The third-order valence-corrected chi connectivity index (χ3v) is 5.03. The average Bonchev–Trinajstić information content (AvgIpc) is 3.05. The van der Waals surface area contributed by atoms with Gasteiger partial charge >= 0.3 is 0 Å². The van der Waals surface area contributed by atoms with Crippen LogP contribution in [-0.4, -0.2) is 21.9 Å². The first-order valence-corrected chi connectivity index (χ1v) is 9.04. The van der Waals surface area contributed by atoms with Gasteiger partial charge in [-0.1, -0.05) is 35.2 Å². The first-order valence-electron chi connectivity index (χ1n) is 7.24. The third-order valence-electron chi connectivity index (χ3n) is 3.05. The van der Waals surface area contributed by atoms with E-state index >= 15 is 0 Å². The molecule has 26 heavy (non-hydrogen) atoms. The third kappa shape index (κ3) is 4.73. The summed E-state index contributed by atoms with van der Waals surface area (Å²) in [7, 11) is 0. The molecule has 2 N–H and O–H groups in total. The SMILES string of the molecule is O=C(CSc1nnc(Nc2ccccc2F)s1)Nc1ccc(F)cc1F. The first kappa shape index (κ1) is 18.2. The Hall–Kier alpha value is -2.59. The van der Waals surface area contributed by atoms with E-state index in [2.05, 4.69) is 20.8 Å². The summed E-state index contributed by atoms with van der Waals surface area (Å²) in [4.78, 5) is 11.9. The van der Waals surface area contributed by atoms with Crippen molar-refractivity contribution in [2.75, 3.05) is 16.4 Å². The number of aromatic nitrogens is 2. The number of benzene rings is 2. The van der Waals surface area contributed by atoms with Gasteiger partial charge in [0.05, 0.1) is 17.1 Å². The van der Waals surface area contributed by atoms with Crippen molar-refractivity contribution in [3.05, 3.63) is 59.9 Å². The van der Waals surface area contributed by atoms with Crippen molar-refractivity contribution >= 4 is 45.5 Å². The predicted octanol–water partition coefficient (Wildman–Crippen LogP) is 4.43. The lowest BCUT2D eigenvalue weighted by atomic mass is 10.3. The number of anilines is 3. The molecule has 0 spiro atoms. The molecule has 134 valence electrons. The van der Waals surface area contributed by atoms with Crippen LogP contribution in [0.1, 0.15) is 0 Å². The van der Waals surface area contributed by atoms with Crippen LogP contribution in [0.25, 0.3) is 0 Å². The summed E-state index contributed by atoms with van der Waals surface area (Å²) in [6, 6.07) is 9.03. The predicted molar refractivity (Wildman–Crippen MR) is 95.3 cm³/mol. The van der Waals surface area contributed by atoms with Crippen molar-refractivity contribution in [1.82, 2.24) is 10.2 Å². The number of carbonyl (C=O) groups is 1. The molecule has 0 aliphatic rings.